The molecule has 0 saturated heterocycles. The predicted molar refractivity (Wildman–Crippen MR) is 81.8 cm³/mol. The fourth-order valence-electron chi connectivity index (χ4n) is 2.40. The first kappa shape index (κ1) is 16.5. The van der Waals surface area contributed by atoms with Crippen molar-refractivity contribution in [2.75, 3.05) is 34.3 Å². The molecule has 0 saturated carbocycles. The summed E-state index contributed by atoms with van der Waals surface area (Å²) in [6, 6.07) is 7.82. The third-order valence-electron chi connectivity index (χ3n) is 3.06. The van der Waals surface area contributed by atoms with E-state index < -0.39 is 0 Å². The number of nitrogens with zero attached hydrogens (tertiary/aromatic N) is 2. The Labute approximate surface area is 122 Å². The van der Waals surface area contributed by atoms with Gasteiger partial charge in [-0.2, -0.15) is 5.26 Å². The SMILES string of the molecule is COc1cc(CNCC(C)(C)CN(C)C)ccc1C#N. The van der Waals surface area contributed by atoms with Crippen molar-refractivity contribution in [2.45, 2.75) is 20.4 Å². The predicted octanol–water partition coefficient (Wildman–Crippen LogP) is 2.24. The zero-order valence-corrected chi connectivity index (χ0v) is 13.2. The maximum atomic E-state index is 8.96. The topological polar surface area (TPSA) is 48.3 Å². The van der Waals surface area contributed by atoms with Crippen molar-refractivity contribution >= 4 is 0 Å². The molecule has 4 heteroatoms. The molecule has 0 spiro atoms. The molecular weight excluding hydrogens is 250 g/mol. The number of nitriles is 1. The molecule has 110 valence electrons. The zero-order valence-electron chi connectivity index (χ0n) is 13.2. The molecular formula is C16H25N3O. The largest absolute Gasteiger partial charge is 0.495 e. The first-order valence-corrected chi connectivity index (χ1v) is 6.80. The van der Waals surface area contributed by atoms with Crippen LogP contribution in [0.15, 0.2) is 18.2 Å². The Morgan fingerprint density at radius 3 is 2.60 bits per heavy atom. The van der Waals surface area contributed by atoms with Crippen molar-refractivity contribution < 1.29 is 4.74 Å². The molecule has 0 atom stereocenters. The monoisotopic (exact) mass is 275 g/mol. The van der Waals surface area contributed by atoms with Crippen molar-refractivity contribution in [3.05, 3.63) is 29.3 Å². The molecule has 1 aromatic rings. The van der Waals surface area contributed by atoms with Gasteiger partial charge in [0.15, 0.2) is 0 Å². The van der Waals surface area contributed by atoms with E-state index in [1.807, 2.05) is 12.1 Å². The highest BCUT2D eigenvalue weighted by Gasteiger charge is 2.18. The van der Waals surface area contributed by atoms with Crippen molar-refractivity contribution in [3.63, 3.8) is 0 Å². The van der Waals surface area contributed by atoms with Crippen molar-refractivity contribution in [3.8, 4) is 11.8 Å². The smallest absolute Gasteiger partial charge is 0.136 e. The van der Waals surface area contributed by atoms with E-state index in [0.29, 0.717) is 11.3 Å². The minimum Gasteiger partial charge on any atom is -0.495 e. The van der Waals surface area contributed by atoms with Gasteiger partial charge in [0.2, 0.25) is 0 Å². The van der Waals surface area contributed by atoms with Gasteiger partial charge >= 0.3 is 0 Å². The first-order valence-electron chi connectivity index (χ1n) is 6.80. The summed E-state index contributed by atoms with van der Waals surface area (Å²) in [5, 5.41) is 12.4. The van der Waals surface area contributed by atoms with Gasteiger partial charge in [-0.3, -0.25) is 0 Å². The summed E-state index contributed by atoms with van der Waals surface area (Å²) >= 11 is 0. The summed E-state index contributed by atoms with van der Waals surface area (Å²) in [4.78, 5) is 2.20. The zero-order chi connectivity index (χ0) is 15.2. The van der Waals surface area contributed by atoms with E-state index >= 15 is 0 Å². The number of nitrogens with one attached hydrogen (secondary N) is 1. The number of methoxy groups -OCH3 is 1. The fourth-order valence-corrected chi connectivity index (χ4v) is 2.40. The summed E-state index contributed by atoms with van der Waals surface area (Å²) in [6.07, 6.45) is 0. The Morgan fingerprint density at radius 2 is 2.05 bits per heavy atom. The molecule has 1 aromatic carbocycles. The first-order chi connectivity index (χ1) is 9.38. The van der Waals surface area contributed by atoms with Crippen LogP contribution in [0.5, 0.6) is 5.75 Å². The number of ether oxygens (including phenoxy) is 1. The highest BCUT2D eigenvalue weighted by atomic mass is 16.5. The summed E-state index contributed by atoms with van der Waals surface area (Å²) < 4.78 is 5.22. The average molecular weight is 275 g/mol. The van der Waals surface area contributed by atoms with Crippen LogP contribution in [-0.4, -0.2) is 39.2 Å². The van der Waals surface area contributed by atoms with Crippen molar-refractivity contribution in [2.24, 2.45) is 5.41 Å². The molecule has 4 nitrogen and oxygen atoms in total. The van der Waals surface area contributed by atoms with Gasteiger partial charge in [0.05, 0.1) is 12.7 Å². The molecule has 20 heavy (non-hydrogen) atoms. The van der Waals surface area contributed by atoms with Crippen LogP contribution in [0, 0.1) is 16.7 Å². The van der Waals surface area contributed by atoms with E-state index in [1.54, 1.807) is 13.2 Å². The van der Waals surface area contributed by atoms with Crippen LogP contribution in [0.4, 0.5) is 0 Å². The second kappa shape index (κ2) is 7.28. The van der Waals surface area contributed by atoms with Crippen LogP contribution in [0.1, 0.15) is 25.0 Å². The molecule has 1 N–H and O–H groups in total. The van der Waals surface area contributed by atoms with Crippen molar-refractivity contribution in [1.29, 1.82) is 5.26 Å². The Morgan fingerprint density at radius 1 is 1.35 bits per heavy atom. The second-order valence-electron chi connectivity index (χ2n) is 6.15. The fraction of sp³-hybridized carbons (Fsp3) is 0.562. The van der Waals surface area contributed by atoms with E-state index in [9.17, 15) is 0 Å². The third kappa shape index (κ3) is 5.20. The van der Waals surface area contributed by atoms with E-state index in [-0.39, 0.29) is 5.41 Å². The van der Waals surface area contributed by atoms with Crippen LogP contribution in [0.3, 0.4) is 0 Å². The normalized spacial score (nSPS) is 11.4. The van der Waals surface area contributed by atoms with Gasteiger partial charge in [0, 0.05) is 19.6 Å². The number of hydrogen-bond donors (Lipinski definition) is 1. The lowest BCUT2D eigenvalue weighted by atomic mass is 9.93. The minimum atomic E-state index is 0.222. The molecule has 0 amide bonds. The van der Waals surface area contributed by atoms with E-state index in [1.165, 1.54) is 0 Å². The van der Waals surface area contributed by atoms with Crippen LogP contribution in [0.2, 0.25) is 0 Å². The quantitative estimate of drug-likeness (QED) is 0.829. The van der Waals surface area contributed by atoms with Crippen LogP contribution < -0.4 is 10.1 Å². The van der Waals surface area contributed by atoms with E-state index in [0.717, 1.165) is 25.2 Å². The molecule has 0 unspecified atom stereocenters. The summed E-state index contributed by atoms with van der Waals surface area (Å²) in [5.74, 6) is 0.638. The number of benzene rings is 1. The van der Waals surface area contributed by atoms with Crippen LogP contribution in [-0.2, 0) is 6.54 Å². The molecule has 0 radical (unpaired) electrons. The highest BCUT2D eigenvalue weighted by Crippen LogP contribution is 2.19. The van der Waals surface area contributed by atoms with Gasteiger partial charge in [-0.15, -0.1) is 0 Å². The summed E-state index contributed by atoms with van der Waals surface area (Å²) in [6.45, 7) is 7.25. The molecule has 0 aliphatic rings. The molecule has 0 fully saturated rings. The van der Waals surface area contributed by atoms with Gasteiger partial charge in [0.1, 0.15) is 11.8 Å². The maximum absolute atomic E-state index is 8.96. The lowest BCUT2D eigenvalue weighted by molar-refractivity contribution is 0.232. The molecule has 0 aliphatic carbocycles. The Kier molecular flexibility index (Phi) is 6.00. The lowest BCUT2D eigenvalue weighted by Gasteiger charge is -2.28. The van der Waals surface area contributed by atoms with Crippen LogP contribution in [0.25, 0.3) is 0 Å². The Balaban J connectivity index is 2.56. The van der Waals surface area contributed by atoms with Gasteiger partial charge in [-0.1, -0.05) is 19.9 Å². The Bertz CT molecular complexity index is 475. The van der Waals surface area contributed by atoms with Crippen LogP contribution >= 0.6 is 0 Å². The second-order valence-corrected chi connectivity index (χ2v) is 6.15. The average Bonchev–Trinajstić information content (AvgIpc) is 2.36. The van der Waals surface area contributed by atoms with Crippen molar-refractivity contribution in [1.82, 2.24) is 10.2 Å². The molecule has 0 aromatic heterocycles. The van der Waals surface area contributed by atoms with Gasteiger partial charge in [-0.05, 0) is 37.2 Å². The highest BCUT2D eigenvalue weighted by molar-refractivity contribution is 5.45. The lowest BCUT2D eigenvalue weighted by Crippen LogP contribution is -2.37. The maximum Gasteiger partial charge on any atom is 0.136 e. The summed E-state index contributed by atoms with van der Waals surface area (Å²) in [7, 11) is 5.77. The summed E-state index contributed by atoms with van der Waals surface area (Å²) in [5.41, 5.74) is 1.92. The van der Waals surface area contributed by atoms with Gasteiger partial charge in [0.25, 0.3) is 0 Å². The number of rotatable bonds is 7. The van der Waals surface area contributed by atoms with E-state index in [2.05, 4.69) is 44.2 Å². The minimum absolute atomic E-state index is 0.222. The van der Waals surface area contributed by atoms with Gasteiger partial charge in [-0.25, -0.2) is 0 Å². The number of hydrogen-bond acceptors (Lipinski definition) is 4. The van der Waals surface area contributed by atoms with E-state index in [4.69, 9.17) is 10.00 Å². The standard InChI is InChI=1S/C16H25N3O/c1-16(2,12-19(3)4)11-18-10-13-6-7-14(9-17)15(8-13)20-5/h6-8,18H,10-12H2,1-5H3. The Hall–Kier alpha value is -1.57. The molecule has 1 rings (SSSR count). The molecule has 0 heterocycles. The third-order valence-corrected chi connectivity index (χ3v) is 3.06. The molecule has 0 aliphatic heterocycles. The van der Waals surface area contributed by atoms with Gasteiger partial charge < -0.3 is 15.0 Å². The molecule has 0 bridgehead atoms.